The van der Waals surface area contributed by atoms with Gasteiger partial charge < -0.3 is 0 Å². The molecule has 1 atom stereocenters. The highest BCUT2D eigenvalue weighted by molar-refractivity contribution is 5.75. The Bertz CT molecular complexity index is 1440. The molecule has 188 valence electrons. The van der Waals surface area contributed by atoms with Gasteiger partial charge in [0.2, 0.25) is 0 Å². The summed E-state index contributed by atoms with van der Waals surface area (Å²) < 4.78 is 66.8. The minimum Gasteiger partial charge on any atom is -0.252 e. The van der Waals surface area contributed by atoms with Gasteiger partial charge in [0.1, 0.15) is 11.6 Å². The molecule has 0 saturated carbocycles. The molecule has 0 aliphatic heterocycles. The van der Waals surface area contributed by atoms with Gasteiger partial charge in [0.15, 0.2) is 0 Å². The van der Waals surface area contributed by atoms with Gasteiger partial charge in [-0.1, -0.05) is 43.2 Å². The molecule has 4 aromatic rings. The number of hydrogen-bond acceptors (Lipinski definition) is 2. The summed E-state index contributed by atoms with van der Waals surface area (Å²) in [6.45, 7) is 3.77. The first-order chi connectivity index (χ1) is 17.6. The van der Waals surface area contributed by atoms with E-state index in [2.05, 4.69) is 10.0 Å². The van der Waals surface area contributed by atoms with E-state index in [1.54, 1.807) is 30.3 Å². The molecule has 9 heteroatoms. The lowest BCUT2D eigenvalue weighted by molar-refractivity contribution is -0.137. The Morgan fingerprint density at radius 1 is 0.811 bits per heavy atom. The van der Waals surface area contributed by atoms with Crippen LogP contribution in [0, 0.1) is 11.6 Å². The van der Waals surface area contributed by atoms with E-state index in [1.807, 2.05) is 13.8 Å². The van der Waals surface area contributed by atoms with E-state index in [0.29, 0.717) is 39.2 Å². The second kappa shape index (κ2) is 10.4. The lowest BCUT2D eigenvalue weighted by Gasteiger charge is -2.24. The van der Waals surface area contributed by atoms with Crippen LogP contribution in [0.15, 0.2) is 84.0 Å². The average Bonchev–Trinajstić information content (AvgIpc) is 2.87. The zero-order valence-electron chi connectivity index (χ0n) is 19.8. The van der Waals surface area contributed by atoms with Crippen LogP contribution in [0.5, 0.6) is 0 Å². The van der Waals surface area contributed by atoms with Crippen LogP contribution in [-0.2, 0) is 6.18 Å². The maximum absolute atomic E-state index is 13.8. The first kappa shape index (κ1) is 25.9. The molecule has 0 aliphatic rings. The normalized spacial score (nSPS) is 12.3. The molecule has 3 aromatic carbocycles. The Balaban J connectivity index is 2.01. The van der Waals surface area contributed by atoms with Crippen molar-refractivity contribution in [1.29, 1.82) is 0 Å². The van der Waals surface area contributed by atoms with E-state index in [0.717, 1.165) is 12.1 Å². The molecule has 0 aliphatic carbocycles. The Kier molecular flexibility index (Phi) is 7.27. The van der Waals surface area contributed by atoms with Gasteiger partial charge in [-0.25, -0.2) is 8.78 Å². The van der Waals surface area contributed by atoms with Gasteiger partial charge in [0, 0.05) is 16.2 Å². The maximum atomic E-state index is 13.8. The van der Waals surface area contributed by atoms with Crippen LogP contribution in [-0.4, -0.2) is 4.98 Å². The number of hydrogen-bond donors (Lipinski definition) is 0. The van der Waals surface area contributed by atoms with Gasteiger partial charge >= 0.3 is 6.18 Å². The Morgan fingerprint density at radius 2 is 1.35 bits per heavy atom. The number of alkyl halides is 3. The summed E-state index contributed by atoms with van der Waals surface area (Å²) in [5.74, 6) is -1.05. The second-order valence-corrected chi connectivity index (χ2v) is 8.75. The highest BCUT2D eigenvalue weighted by Crippen LogP contribution is 2.41. The molecule has 37 heavy (non-hydrogen) atoms. The Morgan fingerprint density at radius 3 is 1.84 bits per heavy atom. The van der Waals surface area contributed by atoms with Gasteiger partial charge in [0.25, 0.3) is 0 Å². The summed E-state index contributed by atoms with van der Waals surface area (Å²) in [5.41, 5.74) is 12.2. The van der Waals surface area contributed by atoms with E-state index in [1.165, 1.54) is 36.4 Å². The topological polar surface area (TPSA) is 61.7 Å². The summed E-state index contributed by atoms with van der Waals surface area (Å²) >= 11 is 0. The van der Waals surface area contributed by atoms with E-state index in [9.17, 15) is 27.5 Å². The van der Waals surface area contributed by atoms with Crippen molar-refractivity contribution in [1.82, 2.24) is 4.98 Å². The third kappa shape index (κ3) is 5.62. The lowest BCUT2D eigenvalue weighted by Crippen LogP contribution is -2.10. The van der Waals surface area contributed by atoms with Crippen LogP contribution >= 0.6 is 0 Å². The van der Waals surface area contributed by atoms with E-state index in [4.69, 9.17) is 4.98 Å². The molecule has 0 radical (unpaired) electrons. The number of nitrogens with zero attached hydrogens (tertiary/aromatic N) is 4. The zero-order chi connectivity index (χ0) is 26.7. The minimum atomic E-state index is -4.52. The molecule has 1 heterocycles. The smallest absolute Gasteiger partial charge is 0.252 e. The van der Waals surface area contributed by atoms with Crippen molar-refractivity contribution in [3.63, 3.8) is 0 Å². The largest absolute Gasteiger partial charge is 0.416 e. The van der Waals surface area contributed by atoms with E-state index in [-0.39, 0.29) is 5.92 Å². The van der Waals surface area contributed by atoms with Crippen LogP contribution in [0.25, 0.3) is 32.8 Å². The second-order valence-electron chi connectivity index (χ2n) is 8.75. The number of benzene rings is 3. The van der Waals surface area contributed by atoms with Crippen molar-refractivity contribution in [2.45, 2.75) is 32.0 Å². The van der Waals surface area contributed by atoms with Crippen LogP contribution in [0.1, 0.15) is 48.2 Å². The van der Waals surface area contributed by atoms with Crippen LogP contribution in [0.3, 0.4) is 0 Å². The maximum Gasteiger partial charge on any atom is 0.416 e. The summed E-state index contributed by atoms with van der Waals surface area (Å²) in [5, 5.41) is 3.95. The first-order valence-electron chi connectivity index (χ1n) is 11.4. The highest BCUT2D eigenvalue weighted by atomic mass is 19.4. The third-order valence-corrected chi connectivity index (χ3v) is 5.92. The summed E-state index contributed by atoms with van der Waals surface area (Å²) in [6, 6.07) is 16.6. The van der Waals surface area contributed by atoms with Crippen molar-refractivity contribution >= 4 is 0 Å². The van der Waals surface area contributed by atoms with Crippen LogP contribution in [0.4, 0.5) is 22.0 Å². The predicted octanol–water partition coefficient (Wildman–Crippen LogP) is 9.24. The molecule has 0 fully saturated rings. The van der Waals surface area contributed by atoms with Crippen molar-refractivity contribution in [3.05, 3.63) is 123 Å². The molecule has 0 amide bonds. The van der Waals surface area contributed by atoms with Gasteiger partial charge in [0.05, 0.1) is 17.3 Å². The fourth-order valence-corrected chi connectivity index (χ4v) is 4.14. The SMILES string of the molecule is CC(C)c1nc(-c2ccc(F)cc2)cc(-c2ccc(F)cc2)c1C(N=[N+]=[N-])c1ccc(C(F)(F)F)cc1. The highest BCUT2D eigenvalue weighted by Gasteiger charge is 2.31. The Labute approximate surface area is 210 Å². The minimum absolute atomic E-state index is 0.194. The number of aromatic nitrogens is 1. The Hall–Kier alpha value is -4.23. The standard InChI is InChI=1S/C28H21F5N4/c1-16(2)26-25(27(36-37-34)19-3-9-20(10-4-19)28(31,32)33)23(17-5-11-21(29)12-6-17)15-24(35-26)18-7-13-22(30)14-8-18/h3-16,27H,1-2H3. The van der Waals surface area contributed by atoms with Gasteiger partial charge in [-0.2, -0.15) is 13.2 Å². The fraction of sp³-hybridized carbons (Fsp3) is 0.179. The molecular formula is C28H21F5N4. The zero-order valence-corrected chi connectivity index (χ0v) is 19.8. The van der Waals surface area contributed by atoms with E-state index < -0.39 is 29.4 Å². The molecule has 1 aromatic heterocycles. The van der Waals surface area contributed by atoms with E-state index >= 15 is 0 Å². The summed E-state index contributed by atoms with van der Waals surface area (Å²) in [7, 11) is 0. The van der Waals surface area contributed by atoms with Crippen LogP contribution in [0.2, 0.25) is 0 Å². The van der Waals surface area contributed by atoms with Gasteiger partial charge in [-0.15, -0.1) is 0 Å². The number of pyridine rings is 1. The van der Waals surface area contributed by atoms with Crippen molar-refractivity contribution in [2.24, 2.45) is 5.11 Å². The molecule has 0 N–H and O–H groups in total. The number of halogens is 5. The van der Waals surface area contributed by atoms with Crippen molar-refractivity contribution in [2.75, 3.05) is 0 Å². The monoisotopic (exact) mass is 508 g/mol. The molecule has 1 unspecified atom stereocenters. The lowest BCUT2D eigenvalue weighted by atomic mass is 9.86. The van der Waals surface area contributed by atoms with Crippen molar-refractivity contribution < 1.29 is 22.0 Å². The quantitative estimate of drug-likeness (QED) is 0.111. The van der Waals surface area contributed by atoms with Gasteiger partial charge in [-0.3, -0.25) is 4.98 Å². The van der Waals surface area contributed by atoms with Crippen molar-refractivity contribution in [3.8, 4) is 22.4 Å². The molecule has 0 spiro atoms. The molecule has 4 rings (SSSR count). The number of azide groups is 1. The average molecular weight is 508 g/mol. The third-order valence-electron chi connectivity index (χ3n) is 5.92. The van der Waals surface area contributed by atoms with Gasteiger partial charge in [-0.05, 0) is 88.3 Å². The fourth-order valence-electron chi connectivity index (χ4n) is 4.14. The molecule has 0 bridgehead atoms. The molecule has 0 saturated heterocycles. The molecule has 4 nitrogen and oxygen atoms in total. The first-order valence-corrected chi connectivity index (χ1v) is 11.4. The molecular weight excluding hydrogens is 487 g/mol. The predicted molar refractivity (Wildman–Crippen MR) is 132 cm³/mol. The number of rotatable bonds is 6. The summed E-state index contributed by atoms with van der Waals surface area (Å²) in [4.78, 5) is 7.77. The summed E-state index contributed by atoms with van der Waals surface area (Å²) in [6.07, 6.45) is -4.52. The van der Waals surface area contributed by atoms with Crippen LogP contribution < -0.4 is 0 Å².